The maximum atomic E-state index is 3.81. The van der Waals surface area contributed by atoms with E-state index in [-0.39, 0.29) is 22.2 Å². The molecule has 2 N–H and O–H groups in total. The molecular formula is C36H60FeN2P2Si2. The summed E-state index contributed by atoms with van der Waals surface area (Å²) in [6.45, 7) is 20.8. The molecule has 7 heteroatoms. The van der Waals surface area contributed by atoms with E-state index in [1.54, 1.807) is 0 Å². The Balaban J connectivity index is 0.000000559. The molecule has 2 aromatic rings. The molecule has 240 valence electrons. The molecule has 7 unspecified atom stereocenters. The van der Waals surface area contributed by atoms with E-state index in [1.807, 2.05) is 51.8 Å². The molecule has 6 aliphatic rings. The molecule has 4 aliphatic carbocycles. The molecule has 2 nitrogen and oxygen atoms in total. The molecule has 0 amide bonds. The van der Waals surface area contributed by atoms with Crippen LogP contribution in [0.5, 0.6) is 0 Å². The van der Waals surface area contributed by atoms with Gasteiger partial charge in [-0.25, -0.2) is 18.2 Å². The summed E-state index contributed by atoms with van der Waals surface area (Å²) >= 11 is 0. The van der Waals surface area contributed by atoms with Crippen molar-refractivity contribution in [2.75, 3.05) is 32.3 Å². The summed E-state index contributed by atoms with van der Waals surface area (Å²) in [4.78, 5) is 0. The van der Waals surface area contributed by atoms with Crippen molar-refractivity contribution in [3.8, 4) is 0 Å². The van der Waals surface area contributed by atoms with Crippen LogP contribution in [-0.2, 0) is 27.6 Å². The van der Waals surface area contributed by atoms with Gasteiger partial charge >= 0.3 is 17.1 Å². The van der Waals surface area contributed by atoms with Gasteiger partial charge in [-0.05, 0) is 123 Å². The third-order valence-corrected chi connectivity index (χ3v) is 18.4. The zero-order valence-corrected chi connectivity index (χ0v) is 33.3. The van der Waals surface area contributed by atoms with E-state index in [2.05, 4.69) is 74.5 Å². The SMILES string of the molecule is C[Si](C)(C)c1cc(C(P)(C2CCNC2)C2CCNC2)c(C23CC4CC(CC(C4)C2CP)C3)[c-]1[Si](C)(C)C.[Fe+2].c1cc[cH-]c1. The van der Waals surface area contributed by atoms with Crippen molar-refractivity contribution >= 4 is 45.0 Å². The van der Waals surface area contributed by atoms with Crippen LogP contribution in [0.3, 0.4) is 0 Å². The van der Waals surface area contributed by atoms with Gasteiger partial charge in [0.2, 0.25) is 0 Å². The Morgan fingerprint density at radius 3 is 1.88 bits per heavy atom. The third-order valence-electron chi connectivity index (χ3n) is 12.4. The zero-order chi connectivity index (χ0) is 29.9. The molecular weight excluding hydrogens is 634 g/mol. The van der Waals surface area contributed by atoms with E-state index in [1.165, 1.54) is 77.3 Å². The standard InChI is InChI=1S/C31H55N2P2Si2.C5H5.Fe/c1-36(2,3)27-14-25(31(35,23-7-9-32-17-23)24-8-10-33-18-24)28(29(27)37(4,5)6)30-15-20-11-21(16-30)13-22(12-20)26(30)19-34;1-2-4-5-3-1;/h14,20-24,26,32-33H,7-13,15-19,34-35H2,1-6H3;1-5H;/q2*-1;+2. The molecule has 2 aliphatic heterocycles. The Bertz CT molecular complexity index is 1150. The van der Waals surface area contributed by atoms with Crippen molar-refractivity contribution in [1.29, 1.82) is 0 Å². The molecule has 8 rings (SSSR count). The quantitative estimate of drug-likeness (QED) is 0.190. The first kappa shape index (κ1) is 34.8. The molecule has 0 radical (unpaired) electrons. The number of hydrogen-bond donors (Lipinski definition) is 2. The van der Waals surface area contributed by atoms with E-state index < -0.39 is 16.1 Å². The van der Waals surface area contributed by atoms with E-state index in [0.29, 0.717) is 5.41 Å². The molecule has 4 saturated carbocycles. The van der Waals surface area contributed by atoms with Gasteiger partial charge in [0.1, 0.15) is 0 Å². The van der Waals surface area contributed by atoms with Crippen LogP contribution < -0.4 is 21.0 Å². The average Bonchev–Trinajstić information content (AvgIpc) is 3.75. The summed E-state index contributed by atoms with van der Waals surface area (Å²) in [6.07, 6.45) is 11.6. The average molecular weight is 695 g/mol. The maximum Gasteiger partial charge on any atom is 2.00 e. The molecule has 2 heterocycles. The largest absolute Gasteiger partial charge is 2.00 e. The minimum atomic E-state index is -1.58. The summed E-state index contributed by atoms with van der Waals surface area (Å²) in [6, 6.07) is 12.9. The molecule has 6 fully saturated rings. The fourth-order valence-electron chi connectivity index (χ4n) is 11.0. The van der Waals surface area contributed by atoms with Gasteiger partial charge in [-0.1, -0.05) is 39.3 Å². The van der Waals surface area contributed by atoms with E-state index in [0.717, 1.165) is 35.5 Å². The molecule has 4 bridgehead atoms. The second-order valence-corrected chi connectivity index (χ2v) is 28.6. The van der Waals surface area contributed by atoms with Crippen LogP contribution in [0, 0.1) is 35.5 Å². The predicted octanol–water partition coefficient (Wildman–Crippen LogP) is 6.76. The van der Waals surface area contributed by atoms with Gasteiger partial charge in [-0.15, -0.1) is 18.5 Å². The second kappa shape index (κ2) is 13.1. The van der Waals surface area contributed by atoms with Crippen molar-refractivity contribution in [2.24, 2.45) is 35.5 Å². The first-order chi connectivity index (χ1) is 19.9. The topological polar surface area (TPSA) is 24.1 Å². The first-order valence-electron chi connectivity index (χ1n) is 17.3. The molecule has 43 heavy (non-hydrogen) atoms. The summed E-state index contributed by atoms with van der Waals surface area (Å²) < 4.78 is 0. The Labute approximate surface area is 281 Å². The fraction of sp³-hybridized carbons (Fsp3) is 0.722. The molecule has 2 saturated heterocycles. The van der Waals surface area contributed by atoms with Gasteiger partial charge in [0.15, 0.2) is 0 Å². The Kier molecular flexibility index (Phi) is 10.6. The van der Waals surface area contributed by atoms with Crippen LogP contribution in [-0.4, -0.2) is 48.5 Å². The van der Waals surface area contributed by atoms with Crippen molar-refractivity contribution in [3.05, 3.63) is 47.5 Å². The Morgan fingerprint density at radius 1 is 0.930 bits per heavy atom. The monoisotopic (exact) mass is 694 g/mol. The van der Waals surface area contributed by atoms with E-state index >= 15 is 0 Å². The summed E-state index contributed by atoms with van der Waals surface area (Å²) in [7, 11) is 3.82. The van der Waals surface area contributed by atoms with Crippen LogP contribution in [0.15, 0.2) is 36.4 Å². The normalized spacial score (nSPS) is 34.9. The third kappa shape index (κ3) is 6.24. The smallest absolute Gasteiger partial charge is 0.316 e. The molecule has 7 atom stereocenters. The van der Waals surface area contributed by atoms with Crippen LogP contribution in [0.4, 0.5) is 0 Å². The molecule has 2 aromatic carbocycles. The van der Waals surface area contributed by atoms with Gasteiger partial charge in [-0.2, -0.15) is 39.7 Å². The van der Waals surface area contributed by atoms with Crippen LogP contribution in [0.2, 0.25) is 39.3 Å². The van der Waals surface area contributed by atoms with Crippen molar-refractivity contribution in [2.45, 2.75) is 94.8 Å². The van der Waals surface area contributed by atoms with Crippen molar-refractivity contribution < 1.29 is 17.1 Å². The van der Waals surface area contributed by atoms with Gasteiger partial charge in [0, 0.05) is 8.07 Å². The number of hydrogen-bond acceptors (Lipinski definition) is 2. The minimum Gasteiger partial charge on any atom is -0.316 e. The Morgan fingerprint density at radius 2 is 1.49 bits per heavy atom. The van der Waals surface area contributed by atoms with Crippen molar-refractivity contribution in [1.82, 2.24) is 10.6 Å². The number of rotatable bonds is 7. The summed E-state index contributed by atoms with van der Waals surface area (Å²) in [5.41, 5.74) is 4.25. The van der Waals surface area contributed by atoms with Crippen LogP contribution in [0.25, 0.3) is 0 Å². The van der Waals surface area contributed by atoms with Crippen LogP contribution >= 0.6 is 18.5 Å². The summed E-state index contributed by atoms with van der Waals surface area (Å²) in [5, 5.41) is 11.6. The maximum absolute atomic E-state index is 3.81. The molecule has 0 spiro atoms. The van der Waals surface area contributed by atoms with Gasteiger partial charge < -0.3 is 10.6 Å². The van der Waals surface area contributed by atoms with E-state index in [4.69, 9.17) is 0 Å². The number of nitrogens with one attached hydrogen (secondary N) is 2. The van der Waals surface area contributed by atoms with Crippen LogP contribution in [0.1, 0.15) is 56.1 Å². The summed E-state index contributed by atoms with van der Waals surface area (Å²) in [5.74, 6) is 5.27. The second-order valence-electron chi connectivity index (χ2n) is 17.1. The van der Waals surface area contributed by atoms with Gasteiger partial charge in [0.05, 0.1) is 8.07 Å². The van der Waals surface area contributed by atoms with E-state index in [9.17, 15) is 0 Å². The molecule has 0 aromatic heterocycles. The van der Waals surface area contributed by atoms with Crippen molar-refractivity contribution in [3.63, 3.8) is 0 Å². The zero-order valence-electron chi connectivity index (χ0n) is 27.9. The minimum absolute atomic E-state index is 0. The first-order valence-corrected chi connectivity index (χ1v) is 25.7. The van der Waals surface area contributed by atoms with Gasteiger partial charge in [0.25, 0.3) is 0 Å². The Hall–Kier alpha value is 0.433. The van der Waals surface area contributed by atoms with Gasteiger partial charge in [-0.3, -0.25) is 0 Å². The predicted molar refractivity (Wildman–Crippen MR) is 197 cm³/mol. The fourth-order valence-corrected chi connectivity index (χ4v) is 18.3.